The second kappa shape index (κ2) is 6.09. The summed E-state index contributed by atoms with van der Waals surface area (Å²) >= 11 is 0. The molecule has 22 heavy (non-hydrogen) atoms. The summed E-state index contributed by atoms with van der Waals surface area (Å²) in [4.78, 5) is 11.7. The van der Waals surface area contributed by atoms with Gasteiger partial charge in [-0.05, 0) is 37.8 Å². The topological polar surface area (TPSA) is 73.6 Å². The second-order valence-corrected chi connectivity index (χ2v) is 5.27. The Hall–Kier alpha value is -2.50. The van der Waals surface area contributed by atoms with Crippen LogP contribution in [0.1, 0.15) is 36.2 Å². The monoisotopic (exact) mass is 302 g/mol. The van der Waals surface area contributed by atoms with Crippen LogP contribution in [0.25, 0.3) is 5.69 Å². The Morgan fingerprint density at radius 3 is 2.68 bits per heavy atom. The average Bonchev–Trinajstić information content (AvgIpc) is 3.17. The van der Waals surface area contributed by atoms with Crippen LogP contribution in [-0.2, 0) is 0 Å². The molecule has 1 aliphatic rings. The Morgan fingerprint density at radius 2 is 2.00 bits per heavy atom. The number of carbonyl (C=O) groups is 1. The van der Waals surface area contributed by atoms with Gasteiger partial charge in [0.05, 0.1) is 19.4 Å². The van der Waals surface area contributed by atoms with Crippen LogP contribution < -0.4 is 9.47 Å². The van der Waals surface area contributed by atoms with Crippen molar-refractivity contribution >= 4 is 5.97 Å². The number of methoxy groups -OCH3 is 1. The van der Waals surface area contributed by atoms with Crippen molar-refractivity contribution < 1.29 is 19.4 Å². The van der Waals surface area contributed by atoms with Gasteiger partial charge in [-0.15, -0.1) is 0 Å². The Bertz CT molecular complexity index is 675. The molecular formula is C16H18N2O4. The zero-order chi connectivity index (χ0) is 15.5. The quantitative estimate of drug-likeness (QED) is 0.919. The minimum atomic E-state index is -1.07. The number of hydrogen-bond acceptors (Lipinski definition) is 4. The molecule has 0 spiro atoms. The zero-order valence-electron chi connectivity index (χ0n) is 12.4. The molecule has 6 heteroatoms. The fourth-order valence-corrected chi connectivity index (χ4v) is 2.79. The Morgan fingerprint density at radius 1 is 1.27 bits per heavy atom. The number of para-hydroxylation sites is 2. The summed E-state index contributed by atoms with van der Waals surface area (Å²) in [6.45, 7) is 0. The van der Waals surface area contributed by atoms with E-state index < -0.39 is 5.97 Å². The van der Waals surface area contributed by atoms with Gasteiger partial charge in [0.25, 0.3) is 0 Å². The Labute approximate surface area is 128 Å². The van der Waals surface area contributed by atoms with Crippen LogP contribution in [0.5, 0.6) is 11.5 Å². The lowest BCUT2D eigenvalue weighted by Gasteiger charge is -2.13. The van der Waals surface area contributed by atoms with Crippen molar-refractivity contribution in [2.45, 2.75) is 31.8 Å². The van der Waals surface area contributed by atoms with E-state index in [-0.39, 0.29) is 11.8 Å². The molecule has 1 aliphatic carbocycles. The van der Waals surface area contributed by atoms with Gasteiger partial charge in [0.15, 0.2) is 11.4 Å². The number of aromatic carboxylic acids is 1. The average molecular weight is 302 g/mol. The Kier molecular flexibility index (Phi) is 4.00. The molecule has 6 nitrogen and oxygen atoms in total. The van der Waals surface area contributed by atoms with E-state index in [4.69, 9.17) is 9.47 Å². The molecule has 1 aromatic carbocycles. The molecule has 1 fully saturated rings. The van der Waals surface area contributed by atoms with Gasteiger partial charge in [-0.3, -0.25) is 0 Å². The van der Waals surface area contributed by atoms with Crippen LogP contribution in [0, 0.1) is 0 Å². The molecule has 3 rings (SSSR count). The van der Waals surface area contributed by atoms with Crippen molar-refractivity contribution in [2.75, 3.05) is 7.11 Å². The lowest BCUT2D eigenvalue weighted by atomic mass is 10.2. The summed E-state index contributed by atoms with van der Waals surface area (Å²) < 4.78 is 12.5. The molecule has 0 bridgehead atoms. The largest absolute Gasteiger partial charge is 0.494 e. The Balaban J connectivity index is 2.01. The van der Waals surface area contributed by atoms with Crippen LogP contribution >= 0.6 is 0 Å². The SMILES string of the molecule is COc1ccccc1-n1ncc(OC2CCCC2)c1C(=O)O. The number of nitrogens with zero attached hydrogens (tertiary/aromatic N) is 2. The lowest BCUT2D eigenvalue weighted by molar-refractivity contribution is 0.0679. The summed E-state index contributed by atoms with van der Waals surface area (Å²) in [6, 6.07) is 7.16. The predicted molar refractivity (Wildman–Crippen MR) is 80.0 cm³/mol. The molecule has 0 unspecified atom stereocenters. The van der Waals surface area contributed by atoms with Gasteiger partial charge in [0.2, 0.25) is 0 Å². The van der Waals surface area contributed by atoms with Gasteiger partial charge in [-0.2, -0.15) is 5.10 Å². The number of carboxylic acid groups (broad SMARTS) is 1. The first-order valence-electron chi connectivity index (χ1n) is 7.32. The normalized spacial score (nSPS) is 15.0. The van der Waals surface area contributed by atoms with Crippen LogP contribution in [0.2, 0.25) is 0 Å². The van der Waals surface area contributed by atoms with Crippen molar-refractivity contribution in [2.24, 2.45) is 0 Å². The number of hydrogen-bond donors (Lipinski definition) is 1. The lowest BCUT2D eigenvalue weighted by Crippen LogP contribution is -2.15. The van der Waals surface area contributed by atoms with Crippen LogP contribution in [0.3, 0.4) is 0 Å². The van der Waals surface area contributed by atoms with E-state index in [2.05, 4.69) is 5.10 Å². The highest BCUT2D eigenvalue weighted by atomic mass is 16.5. The highest BCUT2D eigenvalue weighted by Crippen LogP contribution is 2.30. The molecule has 0 atom stereocenters. The zero-order valence-corrected chi connectivity index (χ0v) is 12.4. The molecule has 0 saturated heterocycles. The van der Waals surface area contributed by atoms with Gasteiger partial charge in [-0.1, -0.05) is 12.1 Å². The first-order valence-corrected chi connectivity index (χ1v) is 7.32. The fourth-order valence-electron chi connectivity index (χ4n) is 2.79. The van der Waals surface area contributed by atoms with Crippen molar-refractivity contribution in [3.05, 3.63) is 36.2 Å². The molecule has 0 radical (unpaired) electrons. The van der Waals surface area contributed by atoms with E-state index in [1.807, 2.05) is 12.1 Å². The third kappa shape index (κ3) is 2.64. The summed E-state index contributed by atoms with van der Waals surface area (Å²) in [6.07, 6.45) is 5.70. The number of benzene rings is 1. The van der Waals surface area contributed by atoms with E-state index in [1.54, 1.807) is 19.2 Å². The molecule has 1 saturated carbocycles. The van der Waals surface area contributed by atoms with E-state index in [0.717, 1.165) is 25.7 Å². The third-order valence-corrected chi connectivity index (χ3v) is 3.85. The molecule has 1 N–H and O–H groups in total. The first kappa shape index (κ1) is 14.4. The van der Waals surface area contributed by atoms with E-state index in [9.17, 15) is 9.90 Å². The summed E-state index contributed by atoms with van der Waals surface area (Å²) in [5.74, 6) is -0.206. The third-order valence-electron chi connectivity index (χ3n) is 3.85. The standard InChI is InChI=1S/C16H18N2O4/c1-21-13-9-5-4-8-12(13)18-15(16(19)20)14(10-17-18)22-11-6-2-3-7-11/h4-5,8-11H,2-3,6-7H2,1H3,(H,19,20). The van der Waals surface area contributed by atoms with Crippen LogP contribution in [0.4, 0.5) is 0 Å². The van der Waals surface area contributed by atoms with Crippen molar-refractivity contribution in [3.63, 3.8) is 0 Å². The number of rotatable bonds is 5. The molecule has 0 amide bonds. The highest BCUT2D eigenvalue weighted by molar-refractivity contribution is 5.89. The van der Waals surface area contributed by atoms with E-state index in [0.29, 0.717) is 17.2 Å². The van der Waals surface area contributed by atoms with Crippen molar-refractivity contribution in [1.29, 1.82) is 0 Å². The molecule has 1 heterocycles. The fraction of sp³-hybridized carbons (Fsp3) is 0.375. The number of ether oxygens (including phenoxy) is 2. The number of aromatic nitrogens is 2. The molecule has 116 valence electrons. The molecular weight excluding hydrogens is 284 g/mol. The number of carboxylic acids is 1. The van der Waals surface area contributed by atoms with Crippen molar-refractivity contribution in [1.82, 2.24) is 9.78 Å². The second-order valence-electron chi connectivity index (χ2n) is 5.27. The smallest absolute Gasteiger partial charge is 0.358 e. The van der Waals surface area contributed by atoms with Crippen molar-refractivity contribution in [3.8, 4) is 17.2 Å². The molecule has 1 aromatic heterocycles. The van der Waals surface area contributed by atoms with Crippen LogP contribution in [-0.4, -0.2) is 34.1 Å². The predicted octanol–water partition coefficient (Wildman–Crippen LogP) is 2.90. The summed E-state index contributed by atoms with van der Waals surface area (Å²) in [7, 11) is 1.54. The maximum Gasteiger partial charge on any atom is 0.358 e. The molecule has 2 aromatic rings. The summed E-state index contributed by atoms with van der Waals surface area (Å²) in [5, 5.41) is 13.7. The van der Waals surface area contributed by atoms with Crippen LogP contribution in [0.15, 0.2) is 30.5 Å². The van der Waals surface area contributed by atoms with Gasteiger partial charge in [0.1, 0.15) is 11.4 Å². The minimum Gasteiger partial charge on any atom is -0.494 e. The summed E-state index contributed by atoms with van der Waals surface area (Å²) in [5.41, 5.74) is 0.597. The van der Waals surface area contributed by atoms with E-state index >= 15 is 0 Å². The highest BCUT2D eigenvalue weighted by Gasteiger charge is 2.25. The maximum absolute atomic E-state index is 11.7. The molecule has 0 aliphatic heterocycles. The van der Waals surface area contributed by atoms with Gasteiger partial charge in [-0.25, -0.2) is 9.48 Å². The maximum atomic E-state index is 11.7. The van der Waals surface area contributed by atoms with Gasteiger partial charge < -0.3 is 14.6 Å². The van der Waals surface area contributed by atoms with Gasteiger partial charge in [0, 0.05) is 0 Å². The van der Waals surface area contributed by atoms with Gasteiger partial charge >= 0.3 is 5.97 Å². The van der Waals surface area contributed by atoms with E-state index in [1.165, 1.54) is 10.9 Å². The first-order chi connectivity index (χ1) is 10.7. The minimum absolute atomic E-state index is 0.0244.